The number of aromatic nitrogens is 1. The van der Waals surface area contributed by atoms with Crippen molar-refractivity contribution in [2.75, 3.05) is 6.61 Å². The zero-order valence-corrected chi connectivity index (χ0v) is 11.7. The molecule has 0 aliphatic heterocycles. The summed E-state index contributed by atoms with van der Waals surface area (Å²) in [6.07, 6.45) is 0. The first-order chi connectivity index (χ1) is 9.88. The molecule has 0 bridgehead atoms. The van der Waals surface area contributed by atoms with Crippen LogP contribution >= 0.6 is 0 Å². The van der Waals surface area contributed by atoms with Crippen molar-refractivity contribution in [3.63, 3.8) is 0 Å². The summed E-state index contributed by atoms with van der Waals surface area (Å²) in [5.41, 5.74) is 0.251. The van der Waals surface area contributed by atoms with E-state index in [9.17, 15) is 10.0 Å². The Morgan fingerprint density at radius 1 is 1.33 bits per heavy atom. The average Bonchev–Trinajstić information content (AvgIpc) is 2.42. The van der Waals surface area contributed by atoms with Crippen molar-refractivity contribution in [2.45, 2.75) is 13.8 Å². The van der Waals surface area contributed by atoms with E-state index in [2.05, 4.69) is 0 Å². The fourth-order valence-corrected chi connectivity index (χ4v) is 1.63. The smallest absolute Gasteiger partial charge is 0.342 e. The van der Waals surface area contributed by atoms with Crippen molar-refractivity contribution < 1.29 is 24.6 Å². The molecule has 0 aliphatic carbocycles. The van der Waals surface area contributed by atoms with Crippen LogP contribution in [-0.2, 0) is 9.53 Å². The number of rotatable bonds is 2. The summed E-state index contributed by atoms with van der Waals surface area (Å²) in [5.74, 6) is -1.44. The van der Waals surface area contributed by atoms with Crippen molar-refractivity contribution in [3.05, 3.63) is 41.4 Å². The van der Waals surface area contributed by atoms with Gasteiger partial charge in [0.15, 0.2) is 5.49 Å². The first-order valence-corrected chi connectivity index (χ1v) is 6.13. The molecule has 0 unspecified atom stereocenters. The molecule has 0 fully saturated rings. The minimum absolute atomic E-state index is 0.0491. The number of ether oxygens (including phenoxy) is 1. The van der Waals surface area contributed by atoms with E-state index in [4.69, 9.17) is 20.0 Å². The number of benzene rings is 1. The Bertz CT molecular complexity index is 717. The van der Waals surface area contributed by atoms with Gasteiger partial charge < -0.3 is 15.1 Å². The van der Waals surface area contributed by atoms with E-state index in [1.165, 1.54) is 0 Å². The standard InChI is InChI=1S/C12H12N2O3.C2H4O2/c1-2-17-12(15)9-7-8-5-3-4-6-10(8)14(16)11(9)13;1-2(3)4/h3-7,13,16H,2H2,1H3;1H3,(H,3,4). The quantitative estimate of drug-likeness (QED) is 0.575. The van der Waals surface area contributed by atoms with Gasteiger partial charge in [-0.3, -0.25) is 10.2 Å². The number of carboxylic acids is 1. The molecule has 1 aromatic heterocycles. The van der Waals surface area contributed by atoms with E-state index in [0.717, 1.165) is 6.92 Å². The van der Waals surface area contributed by atoms with Crippen LogP contribution in [0, 0.1) is 5.41 Å². The maximum atomic E-state index is 11.6. The zero-order chi connectivity index (χ0) is 16.0. The lowest BCUT2D eigenvalue weighted by Crippen LogP contribution is -2.26. The van der Waals surface area contributed by atoms with Gasteiger partial charge in [-0.25, -0.2) is 4.79 Å². The van der Waals surface area contributed by atoms with Crippen LogP contribution in [0.25, 0.3) is 10.9 Å². The van der Waals surface area contributed by atoms with E-state index in [0.29, 0.717) is 15.6 Å². The molecule has 7 heteroatoms. The van der Waals surface area contributed by atoms with Gasteiger partial charge in [-0.2, -0.15) is 4.73 Å². The van der Waals surface area contributed by atoms with Crippen molar-refractivity contribution >= 4 is 22.8 Å². The Hall–Kier alpha value is -2.83. The molecule has 7 nitrogen and oxygen atoms in total. The van der Waals surface area contributed by atoms with Gasteiger partial charge in [0, 0.05) is 12.3 Å². The maximum Gasteiger partial charge on any atom is 0.342 e. The van der Waals surface area contributed by atoms with E-state index < -0.39 is 11.9 Å². The molecule has 0 aliphatic rings. The molecule has 2 aromatic rings. The fraction of sp³-hybridized carbons (Fsp3) is 0.214. The van der Waals surface area contributed by atoms with Crippen LogP contribution in [0.2, 0.25) is 0 Å². The Kier molecular flexibility index (Phi) is 5.48. The molecule has 1 heterocycles. The summed E-state index contributed by atoms with van der Waals surface area (Å²) in [6.45, 7) is 3.01. The fourth-order valence-electron chi connectivity index (χ4n) is 1.63. The van der Waals surface area contributed by atoms with Gasteiger partial charge in [-0.15, -0.1) is 0 Å². The van der Waals surface area contributed by atoms with Gasteiger partial charge in [0.2, 0.25) is 0 Å². The van der Waals surface area contributed by atoms with Gasteiger partial charge in [0.05, 0.1) is 12.1 Å². The number of pyridine rings is 1. The van der Waals surface area contributed by atoms with Crippen molar-refractivity contribution in [1.82, 2.24) is 4.73 Å². The number of nitrogens with one attached hydrogen (secondary N) is 1. The minimum atomic E-state index is -0.833. The number of hydrogen-bond acceptors (Lipinski definition) is 5. The summed E-state index contributed by atoms with van der Waals surface area (Å²) < 4.78 is 5.51. The summed E-state index contributed by atoms with van der Waals surface area (Å²) in [6, 6.07) is 8.51. The Balaban J connectivity index is 0.000000491. The highest BCUT2D eigenvalue weighted by molar-refractivity contribution is 5.93. The molecule has 0 amide bonds. The summed E-state index contributed by atoms with van der Waals surface area (Å²) in [5, 5.41) is 25.6. The summed E-state index contributed by atoms with van der Waals surface area (Å²) in [4.78, 5) is 20.6. The second kappa shape index (κ2) is 7.09. The molecule has 0 radical (unpaired) electrons. The molecular formula is C14H16N2O5. The number of hydrogen-bond donors (Lipinski definition) is 3. The van der Waals surface area contributed by atoms with Crippen LogP contribution in [-0.4, -0.2) is 33.6 Å². The molecule has 1 aromatic carbocycles. The predicted octanol–water partition coefficient (Wildman–Crippen LogP) is 1.63. The number of para-hydroxylation sites is 1. The molecule has 0 atom stereocenters. The van der Waals surface area contributed by atoms with Crippen molar-refractivity contribution in [1.29, 1.82) is 5.41 Å². The Labute approximate surface area is 120 Å². The Morgan fingerprint density at radius 3 is 2.48 bits per heavy atom. The lowest BCUT2D eigenvalue weighted by atomic mass is 10.1. The van der Waals surface area contributed by atoms with E-state index in [1.54, 1.807) is 37.3 Å². The number of fused-ring (bicyclic) bond motifs is 1. The second-order valence-corrected chi connectivity index (χ2v) is 4.02. The highest BCUT2D eigenvalue weighted by Crippen LogP contribution is 2.12. The molecule has 0 saturated carbocycles. The van der Waals surface area contributed by atoms with E-state index >= 15 is 0 Å². The number of aliphatic carboxylic acids is 1. The third kappa shape index (κ3) is 4.07. The third-order valence-corrected chi connectivity index (χ3v) is 2.43. The van der Waals surface area contributed by atoms with Crippen molar-refractivity contribution in [3.8, 4) is 0 Å². The number of carbonyl (C=O) groups is 2. The number of nitrogens with zero attached hydrogens (tertiary/aromatic N) is 1. The molecule has 0 saturated heterocycles. The van der Waals surface area contributed by atoms with E-state index in [1.807, 2.05) is 0 Å². The van der Waals surface area contributed by atoms with Crippen LogP contribution in [0.15, 0.2) is 30.3 Å². The highest BCUT2D eigenvalue weighted by Gasteiger charge is 2.13. The molecule has 2 rings (SSSR count). The normalized spacial score (nSPS) is 9.62. The molecule has 21 heavy (non-hydrogen) atoms. The summed E-state index contributed by atoms with van der Waals surface area (Å²) >= 11 is 0. The number of carbonyl (C=O) groups excluding carboxylic acids is 1. The first kappa shape index (κ1) is 16.2. The lowest BCUT2D eigenvalue weighted by molar-refractivity contribution is -0.134. The maximum absolute atomic E-state index is 11.6. The van der Waals surface area contributed by atoms with Crippen LogP contribution in [0.5, 0.6) is 0 Å². The van der Waals surface area contributed by atoms with Crippen molar-refractivity contribution in [2.24, 2.45) is 0 Å². The predicted molar refractivity (Wildman–Crippen MR) is 74.2 cm³/mol. The minimum Gasteiger partial charge on any atom is -0.481 e. The van der Waals surface area contributed by atoms with Crippen LogP contribution in [0.4, 0.5) is 0 Å². The highest BCUT2D eigenvalue weighted by atomic mass is 16.5. The molecule has 112 valence electrons. The molecule has 3 N–H and O–H groups in total. The number of esters is 1. The lowest BCUT2D eigenvalue weighted by Gasteiger charge is -2.08. The average molecular weight is 292 g/mol. The Morgan fingerprint density at radius 2 is 1.90 bits per heavy atom. The third-order valence-electron chi connectivity index (χ3n) is 2.43. The molecule has 0 spiro atoms. The largest absolute Gasteiger partial charge is 0.481 e. The monoisotopic (exact) mass is 292 g/mol. The molecular weight excluding hydrogens is 276 g/mol. The van der Waals surface area contributed by atoms with Gasteiger partial charge in [0.25, 0.3) is 5.97 Å². The van der Waals surface area contributed by atoms with Crippen LogP contribution in [0.1, 0.15) is 24.2 Å². The van der Waals surface area contributed by atoms with Crippen LogP contribution in [0.3, 0.4) is 0 Å². The zero-order valence-electron chi connectivity index (χ0n) is 11.7. The van der Waals surface area contributed by atoms with E-state index in [-0.39, 0.29) is 17.7 Å². The topological polar surface area (TPSA) is 113 Å². The van der Waals surface area contributed by atoms with Gasteiger partial charge >= 0.3 is 5.97 Å². The second-order valence-electron chi connectivity index (χ2n) is 4.02. The summed E-state index contributed by atoms with van der Waals surface area (Å²) in [7, 11) is 0. The van der Waals surface area contributed by atoms with Gasteiger partial charge in [-0.1, -0.05) is 18.2 Å². The first-order valence-electron chi connectivity index (χ1n) is 6.13. The van der Waals surface area contributed by atoms with Gasteiger partial charge in [-0.05, 0) is 19.1 Å². The van der Waals surface area contributed by atoms with Gasteiger partial charge in [0.1, 0.15) is 5.56 Å². The van der Waals surface area contributed by atoms with Crippen LogP contribution < -0.4 is 5.49 Å². The SMILES string of the molecule is CC(=O)O.CCOC(=O)c1cc2ccccc2n(O)c1=N. The number of carboxylic acid groups (broad SMARTS) is 1.